The molecule has 0 saturated carbocycles. The van der Waals surface area contributed by atoms with Gasteiger partial charge in [0.05, 0.1) is 19.4 Å². The van der Waals surface area contributed by atoms with Gasteiger partial charge < -0.3 is 15.3 Å². The quantitative estimate of drug-likeness (QED) is 0.292. The van der Waals surface area contributed by atoms with Crippen LogP contribution in [0.25, 0.3) is 0 Å². The van der Waals surface area contributed by atoms with Crippen LogP contribution >= 0.6 is 45.2 Å². The number of halogens is 2. The molecule has 0 radical (unpaired) electrons. The molecule has 0 heterocycles. The van der Waals surface area contributed by atoms with Gasteiger partial charge in [-0.15, -0.1) is 0 Å². The fraction of sp³-hybridized carbons (Fsp3) is 0.462. The summed E-state index contributed by atoms with van der Waals surface area (Å²) in [6.45, 7) is 2.33. The van der Waals surface area contributed by atoms with Crippen molar-refractivity contribution in [2.75, 3.05) is 6.61 Å². The molecule has 0 saturated heterocycles. The van der Waals surface area contributed by atoms with Gasteiger partial charge in [0.15, 0.2) is 0 Å². The first-order valence-corrected chi connectivity index (χ1v) is 13.5. The van der Waals surface area contributed by atoms with Crippen LogP contribution in [0.5, 0.6) is 0 Å². The number of hydrogen-bond donors (Lipinski definition) is 1. The van der Waals surface area contributed by atoms with Crippen molar-refractivity contribution in [3.63, 3.8) is 0 Å². The maximum Gasteiger partial charge on any atom is 1.00 e. The van der Waals surface area contributed by atoms with E-state index in [2.05, 4.69) is 81.6 Å². The van der Waals surface area contributed by atoms with Crippen LogP contribution < -0.4 is 29.6 Å². The van der Waals surface area contributed by atoms with E-state index in [4.69, 9.17) is 9.84 Å². The molecule has 0 unspecified atom stereocenters. The third kappa shape index (κ3) is 9.35. The van der Waals surface area contributed by atoms with Crippen molar-refractivity contribution < 1.29 is 54.5 Å². The molecule has 8 heteroatoms. The first-order chi connectivity index (χ1) is 15.4. The van der Waals surface area contributed by atoms with E-state index in [9.17, 15) is 9.59 Å². The maximum absolute atomic E-state index is 11.6. The minimum atomic E-state index is -0.689. The van der Waals surface area contributed by atoms with E-state index in [1.165, 1.54) is 35.8 Å². The summed E-state index contributed by atoms with van der Waals surface area (Å²) in [5.41, 5.74) is 5.37. The summed E-state index contributed by atoms with van der Waals surface area (Å²) < 4.78 is 7.56. The van der Waals surface area contributed by atoms with Crippen LogP contribution in [0.15, 0.2) is 36.4 Å². The number of aryl methyl sites for hydroxylation is 2. The Bertz CT molecular complexity index is 966. The molecular weight excluding hydrogens is 669 g/mol. The van der Waals surface area contributed by atoms with E-state index in [0.717, 1.165) is 32.1 Å². The largest absolute Gasteiger partial charge is 1.00 e. The summed E-state index contributed by atoms with van der Waals surface area (Å²) in [5.74, 6) is -0.173. The van der Waals surface area contributed by atoms with Crippen molar-refractivity contribution >= 4 is 57.1 Å². The molecule has 2 N–H and O–H groups in total. The van der Waals surface area contributed by atoms with Crippen molar-refractivity contribution in [2.45, 2.75) is 70.1 Å². The Labute approximate surface area is 251 Å². The molecule has 0 fully saturated rings. The van der Waals surface area contributed by atoms with Crippen LogP contribution in [0, 0.1) is 7.14 Å². The molecule has 2 aliphatic carbocycles. The van der Waals surface area contributed by atoms with Gasteiger partial charge in [0.1, 0.15) is 0 Å². The van der Waals surface area contributed by atoms with Crippen LogP contribution in [-0.4, -0.2) is 29.1 Å². The van der Waals surface area contributed by atoms with Gasteiger partial charge in [0, 0.05) is 7.14 Å². The minimum absolute atomic E-state index is 0. The summed E-state index contributed by atoms with van der Waals surface area (Å²) in [4.78, 5) is 22.3. The monoisotopic (exact) mass is 700 g/mol. The second kappa shape index (κ2) is 15.8. The Hall–Kier alpha value is -0.200. The van der Waals surface area contributed by atoms with Gasteiger partial charge >= 0.3 is 41.5 Å². The number of rotatable bonds is 5. The normalized spacial score (nSPS) is 18.0. The Kier molecular flexibility index (Phi) is 14.8. The molecule has 0 spiro atoms. The average molecular weight is 700 g/mol. The zero-order valence-corrected chi connectivity index (χ0v) is 26.2. The molecule has 2 aromatic carbocycles. The Morgan fingerprint density at radius 2 is 1.38 bits per heavy atom. The first kappa shape index (κ1) is 31.8. The van der Waals surface area contributed by atoms with Crippen molar-refractivity contribution in [3.8, 4) is 0 Å². The van der Waals surface area contributed by atoms with Gasteiger partial charge in [-0.05, 0) is 149 Å². The molecule has 0 amide bonds. The molecule has 5 nitrogen and oxygen atoms in total. The number of hydrogen-bond acceptors (Lipinski definition) is 4. The standard InChI is InChI=1S/C14H17IO2.C12H13IO2.Na.H2O/c1-2-17-14(16)9-11-5-3-4-10-8-12(15)6-7-13(10)11;13-10-4-5-11-8(6-10)2-1-3-9(11)7-12(14)15;;/h6-8,11H,2-5,9H2,1H3;4-6,9H,1-3,7H2,(H,14,15);;1H2/q;;+1;/p-1/t11-;9-;;/m00../s1. The fourth-order valence-corrected chi connectivity index (χ4v) is 5.93. The van der Waals surface area contributed by atoms with Gasteiger partial charge in [0.25, 0.3) is 0 Å². The zero-order valence-electron chi connectivity index (χ0n) is 19.9. The van der Waals surface area contributed by atoms with Crippen LogP contribution in [0.4, 0.5) is 0 Å². The maximum atomic E-state index is 11.6. The molecule has 0 bridgehead atoms. The topological polar surface area (TPSA) is 93.6 Å². The summed E-state index contributed by atoms with van der Waals surface area (Å²) in [6.07, 6.45) is 7.46. The number of ether oxygens (including phenoxy) is 1. The molecule has 180 valence electrons. The molecule has 0 aromatic heterocycles. The Morgan fingerprint density at radius 3 is 1.82 bits per heavy atom. The molecule has 2 aromatic rings. The Morgan fingerprint density at radius 1 is 0.912 bits per heavy atom. The number of aliphatic carboxylic acids is 1. The smallest absolute Gasteiger partial charge is 0.870 e. The molecular formula is C26H31I2NaO5. The van der Waals surface area contributed by atoms with Crippen LogP contribution in [0.1, 0.15) is 79.5 Å². The van der Waals surface area contributed by atoms with Crippen molar-refractivity contribution in [1.82, 2.24) is 0 Å². The van der Waals surface area contributed by atoms with Gasteiger partial charge in [-0.25, -0.2) is 0 Å². The zero-order chi connectivity index (χ0) is 23.1. The van der Waals surface area contributed by atoms with E-state index in [1.807, 2.05) is 6.92 Å². The van der Waals surface area contributed by atoms with E-state index in [1.54, 1.807) is 0 Å². The number of fused-ring (bicyclic) bond motifs is 2. The minimum Gasteiger partial charge on any atom is -0.870 e. The number of carbonyl (C=O) groups is 2. The number of carboxylic acid groups (broad SMARTS) is 1. The molecule has 2 aliphatic rings. The fourth-order valence-electron chi connectivity index (χ4n) is 4.82. The third-order valence-corrected chi connectivity index (χ3v) is 7.57. The van der Waals surface area contributed by atoms with Crippen LogP contribution in [0.3, 0.4) is 0 Å². The SMILES string of the molecule is CCOC(=O)C[C@@H]1CCCc2cc(I)ccc21.O=C(O)C[C@@H]1CCCc2cc(I)ccc21.[Na+].[OH-]. The van der Waals surface area contributed by atoms with E-state index in [-0.39, 0.29) is 53.3 Å². The summed E-state index contributed by atoms with van der Waals surface area (Å²) in [7, 11) is 0. The predicted octanol–water partition coefficient (Wildman–Crippen LogP) is 3.68. The van der Waals surface area contributed by atoms with Crippen molar-refractivity contribution in [3.05, 3.63) is 65.8 Å². The molecule has 4 rings (SSSR count). The summed E-state index contributed by atoms with van der Waals surface area (Å²) >= 11 is 4.64. The van der Waals surface area contributed by atoms with E-state index < -0.39 is 5.97 Å². The van der Waals surface area contributed by atoms with Crippen molar-refractivity contribution in [1.29, 1.82) is 0 Å². The Balaban J connectivity index is 0.000000323. The summed E-state index contributed by atoms with van der Waals surface area (Å²) in [5, 5.41) is 8.84. The molecule has 2 atom stereocenters. The summed E-state index contributed by atoms with van der Waals surface area (Å²) in [6, 6.07) is 12.9. The number of benzene rings is 2. The van der Waals surface area contributed by atoms with Crippen molar-refractivity contribution in [2.24, 2.45) is 0 Å². The number of carboxylic acids is 1. The number of carbonyl (C=O) groups excluding carboxylic acids is 1. The van der Waals surface area contributed by atoms with Crippen LogP contribution in [-0.2, 0) is 27.2 Å². The van der Waals surface area contributed by atoms with Gasteiger partial charge in [0.2, 0.25) is 0 Å². The van der Waals surface area contributed by atoms with E-state index >= 15 is 0 Å². The second-order valence-corrected chi connectivity index (χ2v) is 11.0. The number of esters is 1. The first-order valence-electron chi connectivity index (χ1n) is 11.3. The van der Waals surface area contributed by atoms with Crippen LogP contribution in [0.2, 0.25) is 0 Å². The molecule has 34 heavy (non-hydrogen) atoms. The third-order valence-electron chi connectivity index (χ3n) is 6.23. The predicted molar refractivity (Wildman–Crippen MR) is 145 cm³/mol. The van der Waals surface area contributed by atoms with E-state index in [0.29, 0.717) is 18.9 Å². The average Bonchev–Trinajstić information content (AvgIpc) is 2.74. The molecule has 0 aliphatic heterocycles. The van der Waals surface area contributed by atoms with Gasteiger partial charge in [-0.1, -0.05) is 12.1 Å². The second-order valence-electron chi connectivity index (χ2n) is 8.47. The van der Waals surface area contributed by atoms with Gasteiger partial charge in [-0.3, -0.25) is 9.59 Å². The van der Waals surface area contributed by atoms with Gasteiger partial charge in [-0.2, -0.15) is 0 Å².